The summed E-state index contributed by atoms with van der Waals surface area (Å²) in [6, 6.07) is 10.7. The number of hydrogen-bond donors (Lipinski definition) is 1. The average Bonchev–Trinajstić information content (AvgIpc) is 2.61. The van der Waals surface area contributed by atoms with E-state index in [1.807, 2.05) is 19.0 Å². The maximum Gasteiger partial charge on any atom is 0.229 e. The highest BCUT2D eigenvalue weighted by atomic mass is 15.3. The molecule has 1 aromatic carbocycles. The maximum absolute atomic E-state index is 5.80. The fourth-order valence-electron chi connectivity index (χ4n) is 3.00. The van der Waals surface area contributed by atoms with Crippen molar-refractivity contribution in [2.45, 2.75) is 13.0 Å². The molecule has 1 saturated heterocycles. The molecule has 2 heterocycles. The molecule has 2 aromatic rings. The Kier molecular flexibility index (Phi) is 5.78. The lowest BCUT2D eigenvalue weighted by Crippen LogP contribution is -2.46. The zero-order chi connectivity index (χ0) is 17.6. The standard InChI is InChI=1S/C18H27N7/c1-23(2)18-21-16(20-17(19)22-18)14-25-12-10-24(11-13-25)9-8-15-6-4-3-5-7-15/h3-7H,8-14H2,1-2H3,(H2,19,20,21,22). The summed E-state index contributed by atoms with van der Waals surface area (Å²) in [5.41, 5.74) is 7.21. The summed E-state index contributed by atoms with van der Waals surface area (Å²) in [5, 5.41) is 0. The van der Waals surface area contributed by atoms with Crippen molar-refractivity contribution in [3.63, 3.8) is 0 Å². The number of anilines is 2. The second kappa shape index (κ2) is 8.22. The van der Waals surface area contributed by atoms with Gasteiger partial charge in [-0.25, -0.2) is 0 Å². The van der Waals surface area contributed by atoms with Crippen LogP contribution >= 0.6 is 0 Å². The fraction of sp³-hybridized carbons (Fsp3) is 0.500. The minimum atomic E-state index is 0.287. The molecule has 0 bridgehead atoms. The van der Waals surface area contributed by atoms with Gasteiger partial charge in [0.1, 0.15) is 5.82 Å². The van der Waals surface area contributed by atoms with E-state index in [0.29, 0.717) is 5.95 Å². The fourth-order valence-corrected chi connectivity index (χ4v) is 3.00. The Morgan fingerprint density at radius 2 is 1.64 bits per heavy atom. The van der Waals surface area contributed by atoms with Gasteiger partial charge in [0.25, 0.3) is 0 Å². The normalized spacial score (nSPS) is 16.1. The first-order valence-electron chi connectivity index (χ1n) is 8.76. The highest BCUT2D eigenvalue weighted by Gasteiger charge is 2.18. The predicted molar refractivity (Wildman–Crippen MR) is 100 cm³/mol. The van der Waals surface area contributed by atoms with Crippen molar-refractivity contribution >= 4 is 11.9 Å². The number of piperazine rings is 1. The lowest BCUT2D eigenvalue weighted by molar-refractivity contribution is 0.126. The number of nitrogens with two attached hydrogens (primary N) is 1. The molecule has 0 saturated carbocycles. The second-order valence-electron chi connectivity index (χ2n) is 6.66. The first-order chi connectivity index (χ1) is 12.1. The first-order valence-corrected chi connectivity index (χ1v) is 8.76. The number of benzene rings is 1. The molecule has 3 rings (SSSR count). The van der Waals surface area contributed by atoms with Gasteiger partial charge in [0, 0.05) is 46.8 Å². The second-order valence-corrected chi connectivity index (χ2v) is 6.66. The number of nitrogen functional groups attached to an aromatic ring is 1. The molecule has 0 aliphatic carbocycles. The van der Waals surface area contributed by atoms with Gasteiger partial charge in [-0.15, -0.1) is 0 Å². The highest BCUT2D eigenvalue weighted by molar-refractivity contribution is 5.32. The molecule has 0 unspecified atom stereocenters. The van der Waals surface area contributed by atoms with Gasteiger partial charge in [-0.3, -0.25) is 4.90 Å². The zero-order valence-corrected chi connectivity index (χ0v) is 15.1. The summed E-state index contributed by atoms with van der Waals surface area (Å²) in [6.07, 6.45) is 1.11. The number of nitrogens with zero attached hydrogens (tertiary/aromatic N) is 6. The van der Waals surface area contributed by atoms with Crippen LogP contribution in [-0.4, -0.2) is 71.6 Å². The Bertz CT molecular complexity index is 666. The number of aromatic nitrogens is 3. The van der Waals surface area contributed by atoms with Crippen molar-refractivity contribution in [3.05, 3.63) is 41.7 Å². The van der Waals surface area contributed by atoms with E-state index in [0.717, 1.165) is 51.5 Å². The minimum Gasteiger partial charge on any atom is -0.368 e. The van der Waals surface area contributed by atoms with Crippen LogP contribution in [0.3, 0.4) is 0 Å². The lowest BCUT2D eigenvalue weighted by Gasteiger charge is -2.34. The SMILES string of the molecule is CN(C)c1nc(N)nc(CN2CCN(CCc3ccccc3)CC2)n1. The molecule has 134 valence electrons. The molecule has 0 spiro atoms. The van der Waals surface area contributed by atoms with Gasteiger partial charge in [0.05, 0.1) is 6.54 Å². The van der Waals surface area contributed by atoms with Crippen molar-refractivity contribution in [1.82, 2.24) is 24.8 Å². The molecule has 25 heavy (non-hydrogen) atoms. The van der Waals surface area contributed by atoms with E-state index in [1.54, 1.807) is 0 Å². The van der Waals surface area contributed by atoms with Crippen LogP contribution in [0.4, 0.5) is 11.9 Å². The van der Waals surface area contributed by atoms with Crippen LogP contribution in [0.2, 0.25) is 0 Å². The smallest absolute Gasteiger partial charge is 0.229 e. The van der Waals surface area contributed by atoms with Crippen molar-refractivity contribution in [2.75, 3.05) is 57.5 Å². The van der Waals surface area contributed by atoms with Crippen molar-refractivity contribution < 1.29 is 0 Å². The molecule has 0 atom stereocenters. The van der Waals surface area contributed by atoms with E-state index in [2.05, 4.69) is 55.1 Å². The van der Waals surface area contributed by atoms with Crippen LogP contribution in [0.15, 0.2) is 30.3 Å². The molecule has 0 amide bonds. The average molecular weight is 341 g/mol. The van der Waals surface area contributed by atoms with E-state index in [9.17, 15) is 0 Å². The van der Waals surface area contributed by atoms with Crippen LogP contribution in [0.1, 0.15) is 11.4 Å². The quantitative estimate of drug-likeness (QED) is 0.836. The molecule has 7 nitrogen and oxygen atoms in total. The Morgan fingerprint density at radius 3 is 2.32 bits per heavy atom. The van der Waals surface area contributed by atoms with Gasteiger partial charge in [0.15, 0.2) is 0 Å². The first kappa shape index (κ1) is 17.6. The topological polar surface area (TPSA) is 74.4 Å². The van der Waals surface area contributed by atoms with Gasteiger partial charge >= 0.3 is 0 Å². The third kappa shape index (κ3) is 5.11. The van der Waals surface area contributed by atoms with E-state index < -0.39 is 0 Å². The van der Waals surface area contributed by atoms with Crippen LogP contribution in [0.5, 0.6) is 0 Å². The van der Waals surface area contributed by atoms with E-state index in [-0.39, 0.29) is 5.95 Å². The highest BCUT2D eigenvalue weighted by Crippen LogP contribution is 2.10. The van der Waals surface area contributed by atoms with Gasteiger partial charge in [-0.1, -0.05) is 30.3 Å². The molecule has 0 radical (unpaired) electrons. The van der Waals surface area contributed by atoms with Gasteiger partial charge in [-0.05, 0) is 12.0 Å². The Morgan fingerprint density at radius 1 is 0.960 bits per heavy atom. The van der Waals surface area contributed by atoms with Gasteiger partial charge in [0.2, 0.25) is 11.9 Å². The molecule has 1 aromatic heterocycles. The molecular formula is C18H27N7. The molecule has 7 heteroatoms. The summed E-state index contributed by atoms with van der Waals surface area (Å²) in [6.45, 7) is 6.04. The van der Waals surface area contributed by atoms with Crippen LogP contribution in [-0.2, 0) is 13.0 Å². The van der Waals surface area contributed by atoms with E-state index in [4.69, 9.17) is 5.73 Å². The largest absolute Gasteiger partial charge is 0.368 e. The van der Waals surface area contributed by atoms with Crippen molar-refractivity contribution in [2.24, 2.45) is 0 Å². The number of rotatable bonds is 6. The molecule has 2 N–H and O–H groups in total. The lowest BCUT2D eigenvalue weighted by atomic mass is 10.1. The Labute approximate surface area is 149 Å². The predicted octanol–water partition coefficient (Wildman–Crippen LogP) is 0.880. The third-order valence-corrected chi connectivity index (χ3v) is 4.48. The van der Waals surface area contributed by atoms with Crippen LogP contribution in [0.25, 0.3) is 0 Å². The van der Waals surface area contributed by atoms with Gasteiger partial charge in [-0.2, -0.15) is 15.0 Å². The van der Waals surface area contributed by atoms with E-state index in [1.165, 1.54) is 5.56 Å². The van der Waals surface area contributed by atoms with Crippen molar-refractivity contribution in [3.8, 4) is 0 Å². The maximum atomic E-state index is 5.80. The Hall–Kier alpha value is -2.25. The molecule has 1 aliphatic rings. The number of hydrogen-bond acceptors (Lipinski definition) is 7. The Balaban J connectivity index is 1.48. The monoisotopic (exact) mass is 341 g/mol. The molecule has 1 aliphatic heterocycles. The summed E-state index contributed by atoms with van der Waals surface area (Å²) >= 11 is 0. The summed E-state index contributed by atoms with van der Waals surface area (Å²) < 4.78 is 0. The summed E-state index contributed by atoms with van der Waals surface area (Å²) in [7, 11) is 3.81. The third-order valence-electron chi connectivity index (χ3n) is 4.48. The molecule has 1 fully saturated rings. The summed E-state index contributed by atoms with van der Waals surface area (Å²) in [4.78, 5) is 19.7. The summed E-state index contributed by atoms with van der Waals surface area (Å²) in [5.74, 6) is 1.65. The minimum absolute atomic E-state index is 0.287. The van der Waals surface area contributed by atoms with Crippen LogP contribution in [0, 0.1) is 0 Å². The molecular weight excluding hydrogens is 314 g/mol. The van der Waals surface area contributed by atoms with Crippen LogP contribution < -0.4 is 10.6 Å². The van der Waals surface area contributed by atoms with E-state index >= 15 is 0 Å². The van der Waals surface area contributed by atoms with Gasteiger partial charge < -0.3 is 15.5 Å². The zero-order valence-electron chi connectivity index (χ0n) is 15.1. The van der Waals surface area contributed by atoms with Crippen molar-refractivity contribution in [1.29, 1.82) is 0 Å².